The molecule has 128 valence electrons. The zero-order chi connectivity index (χ0) is 16.8. The summed E-state index contributed by atoms with van der Waals surface area (Å²) in [5, 5.41) is 9.69. The van der Waals surface area contributed by atoms with Crippen LogP contribution in [0.15, 0.2) is 12.4 Å². The minimum Gasteiger partial charge on any atom is -0.387 e. The van der Waals surface area contributed by atoms with Crippen LogP contribution in [0.1, 0.15) is 12.8 Å². The molecule has 1 amide bonds. The number of H-pyrrole nitrogens is 1. The molecule has 4 rings (SSSR count). The number of hydrogen-bond acceptors (Lipinski definition) is 5. The Balaban J connectivity index is 1.51. The summed E-state index contributed by atoms with van der Waals surface area (Å²) in [6.45, 7) is 1.01. The molecule has 1 aliphatic carbocycles. The molecule has 2 aliphatic rings. The van der Waals surface area contributed by atoms with Crippen molar-refractivity contribution in [3.63, 3.8) is 0 Å². The highest BCUT2D eigenvalue weighted by atomic mass is 19.1. The largest absolute Gasteiger partial charge is 0.387 e. The fourth-order valence-electron chi connectivity index (χ4n) is 4.24. The molecule has 0 radical (unpaired) electrons. The summed E-state index contributed by atoms with van der Waals surface area (Å²) in [4.78, 5) is 26.5. The first-order valence-electron chi connectivity index (χ1n) is 8.17. The molecule has 1 saturated carbocycles. The number of nitrogens with zero attached hydrogens (tertiary/aromatic N) is 4. The lowest BCUT2D eigenvalue weighted by Gasteiger charge is -2.27. The van der Waals surface area contributed by atoms with E-state index in [2.05, 4.69) is 19.9 Å². The van der Waals surface area contributed by atoms with Crippen molar-refractivity contribution >= 4 is 22.8 Å². The van der Waals surface area contributed by atoms with Crippen LogP contribution in [0.4, 0.5) is 10.2 Å². The monoisotopic (exact) mass is 333 g/mol. The van der Waals surface area contributed by atoms with Gasteiger partial charge in [0.15, 0.2) is 5.95 Å². The summed E-state index contributed by atoms with van der Waals surface area (Å²) in [5.41, 5.74) is 0.502. The van der Waals surface area contributed by atoms with Crippen molar-refractivity contribution in [3.8, 4) is 0 Å². The third kappa shape index (κ3) is 2.41. The van der Waals surface area contributed by atoms with Crippen molar-refractivity contribution in [2.45, 2.75) is 18.9 Å². The van der Waals surface area contributed by atoms with Crippen LogP contribution in [-0.4, -0.2) is 63.7 Å². The van der Waals surface area contributed by atoms with Gasteiger partial charge in [0, 0.05) is 32.2 Å². The minimum absolute atomic E-state index is 0.186. The predicted octanol–water partition coefficient (Wildman–Crippen LogP) is 0.762. The Hall–Kier alpha value is -2.22. The molecule has 0 aromatic carbocycles. The molecule has 8 heteroatoms. The number of aromatic nitrogens is 3. The van der Waals surface area contributed by atoms with Gasteiger partial charge in [0.1, 0.15) is 24.4 Å². The SMILES string of the molecule is CN(c1ncnc2[nH]c(F)cc12)[C@@H]1C[C@@H]2CN(C(=O)CO)C[C@@H]2C1. The molecule has 1 aliphatic heterocycles. The van der Waals surface area contributed by atoms with Gasteiger partial charge in [0.05, 0.1) is 5.39 Å². The highest BCUT2D eigenvalue weighted by Gasteiger charge is 2.43. The first-order chi connectivity index (χ1) is 11.6. The molecule has 0 bridgehead atoms. The van der Waals surface area contributed by atoms with Crippen LogP contribution in [0, 0.1) is 17.8 Å². The summed E-state index contributed by atoms with van der Waals surface area (Å²) >= 11 is 0. The number of aliphatic hydroxyl groups excluding tert-OH is 1. The number of nitrogens with one attached hydrogen (secondary N) is 1. The Morgan fingerprint density at radius 2 is 2.12 bits per heavy atom. The lowest BCUT2D eigenvalue weighted by Crippen LogP contribution is -2.35. The van der Waals surface area contributed by atoms with E-state index >= 15 is 0 Å². The predicted molar refractivity (Wildman–Crippen MR) is 85.9 cm³/mol. The van der Waals surface area contributed by atoms with E-state index in [1.165, 1.54) is 12.4 Å². The Morgan fingerprint density at radius 3 is 2.79 bits per heavy atom. The summed E-state index contributed by atoms with van der Waals surface area (Å²) in [6, 6.07) is 1.74. The summed E-state index contributed by atoms with van der Waals surface area (Å²) in [7, 11) is 1.98. The fourth-order valence-corrected chi connectivity index (χ4v) is 4.24. The molecule has 24 heavy (non-hydrogen) atoms. The van der Waals surface area contributed by atoms with Crippen molar-refractivity contribution in [2.75, 3.05) is 31.6 Å². The van der Waals surface area contributed by atoms with Gasteiger partial charge in [-0.05, 0) is 24.7 Å². The van der Waals surface area contributed by atoms with Crippen LogP contribution in [0.2, 0.25) is 0 Å². The number of anilines is 1. The average Bonchev–Trinajstić information content (AvgIpc) is 3.23. The number of amides is 1. The minimum atomic E-state index is -0.416. The van der Waals surface area contributed by atoms with Gasteiger partial charge in [-0.3, -0.25) is 4.79 Å². The van der Waals surface area contributed by atoms with Crippen LogP contribution in [0.5, 0.6) is 0 Å². The highest BCUT2D eigenvalue weighted by Crippen LogP contribution is 2.41. The van der Waals surface area contributed by atoms with Gasteiger partial charge in [-0.2, -0.15) is 4.39 Å². The third-order valence-electron chi connectivity index (χ3n) is 5.47. The van der Waals surface area contributed by atoms with E-state index in [4.69, 9.17) is 5.11 Å². The Labute approximate surface area is 138 Å². The standard InChI is InChI=1S/C16H20FN5O2/c1-21(16-12-4-13(17)20-15(12)18-8-19-16)11-2-9-5-22(14(24)7-23)6-10(9)3-11/h4,8-11,23H,2-3,5-7H2,1H3,(H,18,19,20)/t9-,10+,11-. The number of carbonyl (C=O) groups is 1. The second-order valence-electron chi connectivity index (χ2n) is 6.79. The summed E-state index contributed by atoms with van der Waals surface area (Å²) < 4.78 is 13.5. The maximum Gasteiger partial charge on any atom is 0.248 e. The number of halogens is 1. The highest BCUT2D eigenvalue weighted by molar-refractivity contribution is 5.87. The summed E-state index contributed by atoms with van der Waals surface area (Å²) in [5.74, 6) is 1.03. The molecule has 2 aromatic heterocycles. The van der Waals surface area contributed by atoms with E-state index in [9.17, 15) is 9.18 Å². The average molecular weight is 333 g/mol. The number of hydrogen-bond donors (Lipinski definition) is 2. The maximum atomic E-state index is 13.5. The molecular formula is C16H20FN5O2. The molecular weight excluding hydrogens is 313 g/mol. The van der Waals surface area contributed by atoms with E-state index in [0.29, 0.717) is 42.0 Å². The quantitative estimate of drug-likeness (QED) is 0.866. The zero-order valence-electron chi connectivity index (χ0n) is 13.4. The van der Waals surface area contributed by atoms with Gasteiger partial charge in [-0.15, -0.1) is 0 Å². The van der Waals surface area contributed by atoms with E-state index in [-0.39, 0.29) is 5.91 Å². The molecule has 1 saturated heterocycles. The van der Waals surface area contributed by atoms with Gasteiger partial charge >= 0.3 is 0 Å². The second kappa shape index (κ2) is 5.70. The number of carbonyl (C=O) groups excluding carboxylic acids is 1. The first kappa shape index (κ1) is 15.3. The number of likely N-dealkylation sites (tertiary alicyclic amines) is 1. The van der Waals surface area contributed by atoms with Crippen molar-refractivity contribution < 1.29 is 14.3 Å². The number of aliphatic hydroxyl groups is 1. The van der Waals surface area contributed by atoms with Gasteiger partial charge < -0.3 is 19.9 Å². The molecule has 3 atom stereocenters. The number of fused-ring (bicyclic) bond motifs is 2. The van der Waals surface area contributed by atoms with E-state index in [1.807, 2.05) is 7.05 Å². The number of rotatable bonds is 3. The first-order valence-corrected chi connectivity index (χ1v) is 8.17. The van der Waals surface area contributed by atoms with Crippen molar-refractivity contribution in [2.24, 2.45) is 11.8 Å². The smallest absolute Gasteiger partial charge is 0.248 e. The van der Waals surface area contributed by atoms with E-state index in [1.54, 1.807) is 4.90 Å². The van der Waals surface area contributed by atoms with Gasteiger partial charge in [-0.25, -0.2) is 9.97 Å². The van der Waals surface area contributed by atoms with Gasteiger partial charge in [-0.1, -0.05) is 0 Å². The Morgan fingerprint density at radius 1 is 1.42 bits per heavy atom. The molecule has 0 spiro atoms. The normalized spacial score (nSPS) is 26.1. The zero-order valence-corrected chi connectivity index (χ0v) is 13.4. The molecule has 3 heterocycles. The van der Waals surface area contributed by atoms with Crippen molar-refractivity contribution in [3.05, 3.63) is 18.3 Å². The van der Waals surface area contributed by atoms with Gasteiger partial charge in [0.25, 0.3) is 0 Å². The maximum absolute atomic E-state index is 13.5. The van der Waals surface area contributed by atoms with Crippen LogP contribution in [-0.2, 0) is 4.79 Å². The van der Waals surface area contributed by atoms with E-state index in [0.717, 1.165) is 18.7 Å². The van der Waals surface area contributed by atoms with Crippen LogP contribution in [0.25, 0.3) is 11.0 Å². The Bertz CT molecular complexity index is 765. The lowest BCUT2D eigenvalue weighted by molar-refractivity contribution is -0.133. The molecule has 0 unspecified atom stereocenters. The van der Waals surface area contributed by atoms with Crippen LogP contribution in [0.3, 0.4) is 0 Å². The fraction of sp³-hybridized carbons (Fsp3) is 0.562. The Kier molecular flexibility index (Phi) is 3.64. The third-order valence-corrected chi connectivity index (χ3v) is 5.47. The summed E-state index contributed by atoms with van der Waals surface area (Å²) in [6.07, 6.45) is 3.38. The van der Waals surface area contributed by atoms with Crippen molar-refractivity contribution in [1.29, 1.82) is 0 Å². The topological polar surface area (TPSA) is 85.4 Å². The molecule has 2 N–H and O–H groups in total. The van der Waals surface area contributed by atoms with Crippen LogP contribution >= 0.6 is 0 Å². The van der Waals surface area contributed by atoms with Crippen molar-refractivity contribution in [1.82, 2.24) is 19.9 Å². The van der Waals surface area contributed by atoms with Gasteiger partial charge in [0.2, 0.25) is 5.91 Å². The number of aromatic amines is 1. The molecule has 2 fully saturated rings. The van der Waals surface area contributed by atoms with E-state index < -0.39 is 12.6 Å². The lowest BCUT2D eigenvalue weighted by atomic mass is 10.0. The second-order valence-corrected chi connectivity index (χ2v) is 6.79. The molecule has 7 nitrogen and oxygen atoms in total. The van der Waals surface area contributed by atoms with Crippen LogP contribution < -0.4 is 4.90 Å². The molecule has 2 aromatic rings.